The summed E-state index contributed by atoms with van der Waals surface area (Å²) in [6, 6.07) is 7.39. The number of amides is 2. The Hall–Kier alpha value is -2.02. The lowest BCUT2D eigenvalue weighted by Gasteiger charge is -2.33. The molecule has 126 valence electrons. The van der Waals surface area contributed by atoms with Gasteiger partial charge in [0.1, 0.15) is 0 Å². The van der Waals surface area contributed by atoms with Crippen LogP contribution < -0.4 is 5.32 Å². The molecule has 1 N–H and O–H groups in total. The van der Waals surface area contributed by atoms with Crippen molar-refractivity contribution in [1.82, 2.24) is 5.32 Å². The molecule has 1 aromatic rings. The second-order valence-corrected chi connectivity index (χ2v) is 7.59. The van der Waals surface area contributed by atoms with Crippen LogP contribution in [0.3, 0.4) is 0 Å². The first kappa shape index (κ1) is 16.4. The fourth-order valence-electron chi connectivity index (χ4n) is 3.63. The molecule has 0 saturated heterocycles. The van der Waals surface area contributed by atoms with E-state index in [2.05, 4.69) is 39.0 Å². The summed E-state index contributed by atoms with van der Waals surface area (Å²) in [5.41, 5.74) is 4.20. The van der Waals surface area contributed by atoms with Crippen LogP contribution in [0.2, 0.25) is 0 Å². The van der Waals surface area contributed by atoms with Crippen LogP contribution in [0, 0.1) is 9.49 Å². The third kappa shape index (κ3) is 3.13. The zero-order valence-electron chi connectivity index (χ0n) is 13.6. The highest BCUT2D eigenvalue weighted by atomic mass is 127. The van der Waals surface area contributed by atoms with Crippen LogP contribution in [0.15, 0.2) is 64.3 Å². The Bertz CT molecular complexity index is 893. The number of fused-ring (bicyclic) bond motifs is 2. The van der Waals surface area contributed by atoms with E-state index in [1.807, 2.05) is 30.4 Å². The topological polar surface area (TPSA) is 58.5 Å². The Morgan fingerprint density at radius 2 is 2.00 bits per heavy atom. The number of nitrogens with zero attached hydrogens (tertiary/aromatic N) is 1. The van der Waals surface area contributed by atoms with E-state index in [1.54, 1.807) is 6.07 Å². The molecule has 0 aromatic heterocycles. The number of carbonyl (C=O) groups is 2. The number of carbonyl (C=O) groups excluding carboxylic acids is 2. The summed E-state index contributed by atoms with van der Waals surface area (Å²) in [6.45, 7) is 0. The number of benzene rings is 1. The van der Waals surface area contributed by atoms with Crippen LogP contribution in [-0.4, -0.2) is 17.5 Å². The molecule has 2 aliphatic carbocycles. The maximum atomic E-state index is 12.4. The fraction of sp³-hybridized carbons (Fsp3) is 0.250. The van der Waals surface area contributed by atoms with Gasteiger partial charge in [-0.3, -0.25) is 9.59 Å². The zero-order chi connectivity index (χ0) is 17.4. The highest BCUT2D eigenvalue weighted by Gasteiger charge is 2.33. The number of hydrogen-bond donors (Lipinski definition) is 1. The van der Waals surface area contributed by atoms with Gasteiger partial charge in [0, 0.05) is 20.8 Å². The number of rotatable bonds is 1. The summed E-state index contributed by atoms with van der Waals surface area (Å²) < 4.78 is 0.878. The number of nitrogens with one attached hydrogen (secondary N) is 1. The van der Waals surface area contributed by atoms with Gasteiger partial charge in [0.25, 0.3) is 11.8 Å². The first-order chi connectivity index (χ1) is 12.1. The Labute approximate surface area is 159 Å². The maximum absolute atomic E-state index is 12.4. The molecule has 0 saturated carbocycles. The van der Waals surface area contributed by atoms with Gasteiger partial charge in [0.05, 0.1) is 11.3 Å². The van der Waals surface area contributed by atoms with Crippen molar-refractivity contribution in [2.45, 2.75) is 25.7 Å². The van der Waals surface area contributed by atoms with Gasteiger partial charge in [-0.05, 0) is 78.1 Å². The van der Waals surface area contributed by atoms with Crippen molar-refractivity contribution >= 4 is 40.1 Å². The minimum Gasteiger partial charge on any atom is -0.325 e. The lowest BCUT2D eigenvalue weighted by atomic mass is 9.77. The summed E-state index contributed by atoms with van der Waals surface area (Å²) in [7, 11) is 0. The van der Waals surface area contributed by atoms with Crippen molar-refractivity contribution in [3.63, 3.8) is 0 Å². The monoisotopic (exact) mass is 444 g/mol. The summed E-state index contributed by atoms with van der Waals surface area (Å²) >= 11 is 2.14. The van der Waals surface area contributed by atoms with Crippen molar-refractivity contribution < 1.29 is 9.59 Å². The van der Waals surface area contributed by atoms with E-state index in [0.717, 1.165) is 40.5 Å². The second kappa shape index (κ2) is 6.71. The smallest absolute Gasteiger partial charge is 0.278 e. The predicted octanol–water partition coefficient (Wildman–Crippen LogP) is 3.94. The van der Waals surface area contributed by atoms with Crippen LogP contribution >= 0.6 is 22.6 Å². The van der Waals surface area contributed by atoms with E-state index in [0.29, 0.717) is 11.3 Å². The van der Waals surface area contributed by atoms with E-state index >= 15 is 0 Å². The van der Waals surface area contributed by atoms with E-state index in [-0.39, 0.29) is 17.7 Å². The van der Waals surface area contributed by atoms with E-state index in [9.17, 15) is 9.59 Å². The van der Waals surface area contributed by atoms with Crippen molar-refractivity contribution in [2.24, 2.45) is 10.9 Å². The Balaban J connectivity index is 1.64. The van der Waals surface area contributed by atoms with Gasteiger partial charge in [-0.2, -0.15) is 0 Å². The SMILES string of the molecule is O=C1NC2=CC(=NC(=O)c3ccccc3I)C=CC2C2=C1CCCC2. The minimum atomic E-state index is -0.264. The van der Waals surface area contributed by atoms with E-state index < -0.39 is 0 Å². The van der Waals surface area contributed by atoms with Crippen molar-refractivity contribution in [3.8, 4) is 0 Å². The van der Waals surface area contributed by atoms with Crippen molar-refractivity contribution in [2.75, 3.05) is 0 Å². The number of halogens is 1. The lowest BCUT2D eigenvalue weighted by molar-refractivity contribution is -0.117. The van der Waals surface area contributed by atoms with Gasteiger partial charge in [-0.1, -0.05) is 18.2 Å². The van der Waals surface area contributed by atoms with Crippen LogP contribution in [0.1, 0.15) is 36.0 Å². The van der Waals surface area contributed by atoms with Gasteiger partial charge < -0.3 is 5.32 Å². The zero-order valence-corrected chi connectivity index (χ0v) is 15.7. The summed E-state index contributed by atoms with van der Waals surface area (Å²) in [5, 5.41) is 2.99. The number of aliphatic imine (C=N–C) groups is 1. The molecule has 0 fully saturated rings. The Kier molecular flexibility index (Phi) is 4.41. The standard InChI is InChI=1S/C20H17IN2O2/c21-17-8-4-3-7-16(17)20(25)22-12-9-10-14-13-5-1-2-6-15(13)19(24)23-18(14)11-12/h3-4,7-11,14H,1-2,5-6H2,(H,23,24). The third-order valence-corrected chi connectivity index (χ3v) is 5.79. The number of allylic oxidation sites excluding steroid dienone is 3. The Morgan fingerprint density at radius 3 is 2.84 bits per heavy atom. The molecular formula is C20H17IN2O2. The molecule has 4 nitrogen and oxygen atoms in total. The van der Waals surface area contributed by atoms with Crippen molar-refractivity contribution in [1.29, 1.82) is 0 Å². The molecule has 0 bridgehead atoms. The molecule has 3 aliphatic rings. The predicted molar refractivity (Wildman–Crippen MR) is 105 cm³/mol. The lowest BCUT2D eigenvalue weighted by Crippen LogP contribution is -2.37. The van der Waals surface area contributed by atoms with E-state index in [1.165, 1.54) is 5.57 Å². The first-order valence-corrected chi connectivity index (χ1v) is 9.52. The average Bonchev–Trinajstić information content (AvgIpc) is 2.62. The normalized spacial score (nSPS) is 23.7. The molecule has 1 aliphatic heterocycles. The quantitative estimate of drug-likeness (QED) is 0.668. The molecule has 0 spiro atoms. The molecule has 1 heterocycles. The molecule has 5 heteroatoms. The Morgan fingerprint density at radius 1 is 1.20 bits per heavy atom. The fourth-order valence-corrected chi connectivity index (χ4v) is 4.25. The number of hydrogen-bond acceptors (Lipinski definition) is 2. The minimum absolute atomic E-state index is 0.00999. The largest absolute Gasteiger partial charge is 0.325 e. The molecule has 2 amide bonds. The third-order valence-electron chi connectivity index (χ3n) is 4.85. The summed E-state index contributed by atoms with van der Waals surface area (Å²) in [6.07, 6.45) is 9.83. The molecule has 1 unspecified atom stereocenters. The van der Waals surface area contributed by atoms with Crippen LogP contribution in [0.25, 0.3) is 0 Å². The second-order valence-electron chi connectivity index (χ2n) is 6.42. The molecular weight excluding hydrogens is 427 g/mol. The summed E-state index contributed by atoms with van der Waals surface area (Å²) in [5.74, 6) is -0.130. The van der Waals surface area contributed by atoms with Gasteiger partial charge >= 0.3 is 0 Å². The molecule has 4 rings (SSSR count). The van der Waals surface area contributed by atoms with Crippen LogP contribution in [0.5, 0.6) is 0 Å². The molecule has 0 radical (unpaired) electrons. The van der Waals surface area contributed by atoms with Crippen molar-refractivity contribution in [3.05, 3.63) is 68.5 Å². The molecule has 25 heavy (non-hydrogen) atoms. The van der Waals surface area contributed by atoms with Gasteiger partial charge in [0.15, 0.2) is 0 Å². The highest BCUT2D eigenvalue weighted by Crippen LogP contribution is 2.38. The van der Waals surface area contributed by atoms with Gasteiger partial charge in [-0.15, -0.1) is 0 Å². The van der Waals surface area contributed by atoms with Crippen LogP contribution in [0.4, 0.5) is 0 Å². The average molecular weight is 444 g/mol. The van der Waals surface area contributed by atoms with Crippen LogP contribution in [-0.2, 0) is 4.79 Å². The van der Waals surface area contributed by atoms with E-state index in [4.69, 9.17) is 0 Å². The van der Waals surface area contributed by atoms with Gasteiger partial charge in [-0.25, -0.2) is 4.99 Å². The van der Waals surface area contributed by atoms with Gasteiger partial charge in [0.2, 0.25) is 0 Å². The summed E-state index contributed by atoms with van der Waals surface area (Å²) in [4.78, 5) is 29.0. The molecule has 1 aromatic carbocycles. The maximum Gasteiger partial charge on any atom is 0.278 e. The first-order valence-electron chi connectivity index (χ1n) is 8.44. The molecule has 1 atom stereocenters. The highest BCUT2D eigenvalue weighted by molar-refractivity contribution is 14.1.